The fraction of sp³-hybridized carbons (Fsp3) is 0.967. The van der Waals surface area contributed by atoms with Crippen LogP contribution in [-0.4, -0.2) is 58.5 Å². The molecular formula is C30H47NO4. The summed E-state index contributed by atoms with van der Waals surface area (Å²) in [6.07, 6.45) is 8.74. The number of carbonyl (C=O) groups is 1. The molecule has 5 nitrogen and oxygen atoms in total. The number of aliphatic hydroxyl groups excluding tert-OH is 2. The molecule has 0 aromatic heterocycles. The van der Waals surface area contributed by atoms with Crippen molar-refractivity contribution in [2.45, 2.75) is 117 Å². The predicted molar refractivity (Wildman–Crippen MR) is 133 cm³/mol. The molecule has 5 aliphatic carbocycles. The van der Waals surface area contributed by atoms with Gasteiger partial charge in [-0.15, -0.1) is 0 Å². The van der Waals surface area contributed by atoms with E-state index >= 15 is 0 Å². The van der Waals surface area contributed by atoms with Gasteiger partial charge in [-0.1, -0.05) is 34.6 Å². The number of carbonyl (C=O) groups excluding carboxylic acids is 1. The number of amides is 1. The maximum Gasteiger partial charge on any atom is 0.251 e. The molecule has 2 saturated heterocycles. The minimum Gasteiger partial charge on any atom is -0.393 e. The van der Waals surface area contributed by atoms with E-state index in [4.69, 9.17) is 4.74 Å². The lowest BCUT2D eigenvalue weighted by atomic mass is 9.41. The first-order valence-electron chi connectivity index (χ1n) is 14.7. The molecule has 2 aliphatic heterocycles. The first kappa shape index (κ1) is 23.5. The molecule has 0 radical (unpaired) electrons. The van der Waals surface area contributed by atoms with Crippen molar-refractivity contribution in [1.29, 1.82) is 0 Å². The molecule has 196 valence electrons. The van der Waals surface area contributed by atoms with Gasteiger partial charge < -0.3 is 19.8 Å². The molecule has 4 unspecified atom stereocenters. The molecule has 5 saturated carbocycles. The van der Waals surface area contributed by atoms with Crippen LogP contribution < -0.4 is 0 Å². The van der Waals surface area contributed by atoms with Gasteiger partial charge in [-0.05, 0) is 103 Å². The maximum absolute atomic E-state index is 13.1. The molecule has 1 amide bonds. The molecule has 0 aromatic carbocycles. The molecule has 2 N–H and O–H groups in total. The van der Waals surface area contributed by atoms with Gasteiger partial charge in [0.2, 0.25) is 0 Å². The van der Waals surface area contributed by atoms with E-state index < -0.39 is 6.10 Å². The van der Waals surface area contributed by atoms with E-state index in [2.05, 4.69) is 34.6 Å². The van der Waals surface area contributed by atoms with Crippen LogP contribution in [0.5, 0.6) is 0 Å². The summed E-state index contributed by atoms with van der Waals surface area (Å²) in [7, 11) is 0. The molecule has 35 heavy (non-hydrogen) atoms. The third kappa shape index (κ3) is 2.46. The SMILES string of the molecule is C[C@@H]1CC(C(=O)N2CCC2)OC2[C@H]1[C@@]1(C)CC[C@@]34C[C@@]35CCC(O)C(C)(C)[C@@H]5CCC4[C@]1(C)[C@H]2O. The molecule has 0 bridgehead atoms. The van der Waals surface area contributed by atoms with Crippen molar-refractivity contribution < 1.29 is 19.7 Å². The van der Waals surface area contributed by atoms with E-state index in [0.29, 0.717) is 34.5 Å². The van der Waals surface area contributed by atoms with E-state index in [9.17, 15) is 15.0 Å². The van der Waals surface area contributed by atoms with Crippen molar-refractivity contribution in [3.05, 3.63) is 0 Å². The van der Waals surface area contributed by atoms with Crippen molar-refractivity contribution in [1.82, 2.24) is 4.90 Å². The van der Waals surface area contributed by atoms with Crippen LogP contribution >= 0.6 is 0 Å². The van der Waals surface area contributed by atoms with Gasteiger partial charge in [0, 0.05) is 18.5 Å². The number of likely N-dealkylation sites (tertiary alicyclic amines) is 1. The molecule has 2 heterocycles. The fourth-order valence-electron chi connectivity index (χ4n) is 12.2. The van der Waals surface area contributed by atoms with Gasteiger partial charge in [-0.25, -0.2) is 0 Å². The van der Waals surface area contributed by atoms with Crippen LogP contribution in [0.1, 0.15) is 92.4 Å². The maximum atomic E-state index is 13.1. The van der Waals surface area contributed by atoms with Crippen molar-refractivity contribution >= 4 is 5.91 Å². The lowest BCUT2D eigenvalue weighted by molar-refractivity contribution is -0.183. The van der Waals surface area contributed by atoms with Gasteiger partial charge in [0.05, 0.1) is 18.3 Å². The van der Waals surface area contributed by atoms with Crippen LogP contribution in [0.4, 0.5) is 0 Å². The van der Waals surface area contributed by atoms with Crippen LogP contribution in [-0.2, 0) is 9.53 Å². The topological polar surface area (TPSA) is 70.0 Å². The third-order valence-corrected chi connectivity index (χ3v) is 14.2. The lowest BCUT2D eigenvalue weighted by Gasteiger charge is -2.63. The van der Waals surface area contributed by atoms with Gasteiger partial charge in [0.1, 0.15) is 6.10 Å². The Morgan fingerprint density at radius 2 is 1.63 bits per heavy atom. The molecule has 5 heteroatoms. The molecule has 12 atom stereocenters. The second-order valence-electron chi connectivity index (χ2n) is 15.2. The summed E-state index contributed by atoms with van der Waals surface area (Å²) in [5.74, 6) is 1.96. The largest absolute Gasteiger partial charge is 0.393 e. The Bertz CT molecular complexity index is 947. The smallest absolute Gasteiger partial charge is 0.251 e. The zero-order valence-corrected chi connectivity index (χ0v) is 22.6. The monoisotopic (exact) mass is 485 g/mol. The van der Waals surface area contributed by atoms with E-state index in [1.54, 1.807) is 0 Å². The molecule has 7 fully saturated rings. The van der Waals surface area contributed by atoms with Crippen molar-refractivity contribution in [2.75, 3.05) is 13.1 Å². The molecule has 0 aromatic rings. The van der Waals surface area contributed by atoms with Crippen molar-refractivity contribution in [3.8, 4) is 0 Å². The molecular weight excluding hydrogens is 438 g/mol. The van der Waals surface area contributed by atoms with Crippen molar-refractivity contribution in [3.63, 3.8) is 0 Å². The number of fused-ring (bicyclic) bond motifs is 4. The number of hydrogen-bond donors (Lipinski definition) is 2. The number of ether oxygens (including phenoxy) is 1. The standard InChI is InChI=1S/C30H47NO4/c1-17-15-18(25(34)31-13-6-14-31)35-23-22(17)27(4)11-12-30-16-29(30)10-9-21(32)26(2,3)19(29)7-8-20(30)28(27,5)24(23)33/h17-24,32-33H,6-16H2,1-5H3/t17-,18?,19+,20?,21?,22+,23?,24+,27-,28-,29-,30+/m1/s1. The normalized spacial score (nSPS) is 59.8. The highest BCUT2D eigenvalue weighted by Gasteiger charge is 2.84. The Hall–Kier alpha value is -0.650. The fourth-order valence-corrected chi connectivity index (χ4v) is 12.2. The Morgan fingerprint density at radius 3 is 2.31 bits per heavy atom. The van der Waals surface area contributed by atoms with Crippen LogP contribution in [0, 0.1) is 50.7 Å². The van der Waals surface area contributed by atoms with Gasteiger partial charge in [0.25, 0.3) is 5.91 Å². The van der Waals surface area contributed by atoms with Crippen LogP contribution in [0.25, 0.3) is 0 Å². The summed E-state index contributed by atoms with van der Waals surface area (Å²) in [5.41, 5.74) is 0.527. The number of hydrogen-bond acceptors (Lipinski definition) is 4. The minimum atomic E-state index is -0.509. The Balaban J connectivity index is 1.24. The van der Waals surface area contributed by atoms with Crippen molar-refractivity contribution in [2.24, 2.45) is 50.7 Å². The van der Waals surface area contributed by atoms with Gasteiger partial charge in [-0.3, -0.25) is 4.79 Å². The van der Waals surface area contributed by atoms with E-state index in [1.807, 2.05) is 4.90 Å². The summed E-state index contributed by atoms with van der Waals surface area (Å²) in [6, 6.07) is 0. The van der Waals surface area contributed by atoms with E-state index in [0.717, 1.165) is 51.6 Å². The second-order valence-corrected chi connectivity index (χ2v) is 15.2. The lowest BCUT2D eigenvalue weighted by Crippen LogP contribution is -2.59. The second kappa shape index (κ2) is 6.86. The van der Waals surface area contributed by atoms with E-state index in [1.165, 1.54) is 19.3 Å². The zero-order chi connectivity index (χ0) is 24.8. The van der Waals surface area contributed by atoms with Gasteiger partial charge >= 0.3 is 0 Å². The first-order valence-corrected chi connectivity index (χ1v) is 14.7. The van der Waals surface area contributed by atoms with Gasteiger partial charge in [-0.2, -0.15) is 0 Å². The minimum absolute atomic E-state index is 0.0152. The van der Waals surface area contributed by atoms with Gasteiger partial charge in [0.15, 0.2) is 0 Å². The number of aliphatic hydroxyl groups is 2. The summed E-state index contributed by atoms with van der Waals surface area (Å²) >= 11 is 0. The zero-order valence-electron chi connectivity index (χ0n) is 22.6. The first-order chi connectivity index (χ1) is 16.4. The Morgan fingerprint density at radius 1 is 0.943 bits per heavy atom. The predicted octanol–water partition coefficient (Wildman–Crippen LogP) is 4.39. The molecule has 2 spiro atoms. The number of nitrogens with zero attached hydrogens (tertiary/aromatic N) is 1. The highest BCUT2D eigenvalue weighted by atomic mass is 16.5. The van der Waals surface area contributed by atoms with Crippen LogP contribution in [0.15, 0.2) is 0 Å². The summed E-state index contributed by atoms with van der Waals surface area (Å²) in [6.45, 7) is 13.6. The van der Waals surface area contributed by atoms with E-state index in [-0.39, 0.29) is 40.5 Å². The quantitative estimate of drug-likeness (QED) is 0.578. The number of rotatable bonds is 1. The highest BCUT2D eigenvalue weighted by molar-refractivity contribution is 5.81. The Kier molecular flexibility index (Phi) is 4.60. The Labute approximate surface area is 211 Å². The average molecular weight is 486 g/mol. The molecule has 7 rings (SSSR count). The summed E-state index contributed by atoms with van der Waals surface area (Å²) in [4.78, 5) is 15.1. The summed E-state index contributed by atoms with van der Waals surface area (Å²) < 4.78 is 6.64. The summed E-state index contributed by atoms with van der Waals surface area (Å²) in [5, 5.41) is 23.1. The van der Waals surface area contributed by atoms with Crippen LogP contribution in [0.2, 0.25) is 0 Å². The van der Waals surface area contributed by atoms with Crippen LogP contribution in [0.3, 0.4) is 0 Å². The molecule has 7 aliphatic rings. The third-order valence-electron chi connectivity index (χ3n) is 14.2. The highest BCUT2D eigenvalue weighted by Crippen LogP contribution is 2.89. The average Bonchev–Trinajstić information content (AvgIpc) is 3.40.